The Kier molecular flexibility index (Phi) is 4.94. The number of rotatable bonds is 5. The predicted molar refractivity (Wildman–Crippen MR) is 80.6 cm³/mol. The average molecular weight is 338 g/mol. The van der Waals surface area contributed by atoms with Gasteiger partial charge in [0, 0.05) is 22.3 Å². The van der Waals surface area contributed by atoms with Gasteiger partial charge in [0.2, 0.25) is 0 Å². The number of pyridine rings is 1. The highest BCUT2D eigenvalue weighted by Gasteiger charge is 2.18. The molecule has 0 saturated heterocycles. The van der Waals surface area contributed by atoms with E-state index in [-0.39, 0.29) is 6.04 Å². The first-order chi connectivity index (χ1) is 9.69. The predicted octanol–water partition coefficient (Wildman–Crippen LogP) is 2.41. The summed E-state index contributed by atoms with van der Waals surface area (Å²) in [7, 11) is 3.23. The van der Waals surface area contributed by atoms with Gasteiger partial charge in [-0.05, 0) is 40.2 Å². The topological polar surface area (TPSA) is 69.4 Å². The van der Waals surface area contributed by atoms with E-state index in [0.29, 0.717) is 5.75 Å². The van der Waals surface area contributed by atoms with Gasteiger partial charge >= 0.3 is 0 Å². The quantitative estimate of drug-likeness (QED) is 0.647. The molecule has 0 radical (unpaired) electrons. The van der Waals surface area contributed by atoms with Crippen LogP contribution in [-0.4, -0.2) is 19.2 Å². The maximum absolute atomic E-state index is 5.68. The number of aromatic nitrogens is 1. The normalized spacial score (nSPS) is 12.0. The smallest absolute Gasteiger partial charge is 0.127 e. The summed E-state index contributed by atoms with van der Waals surface area (Å²) in [5.41, 5.74) is 4.47. The molecule has 3 N–H and O–H groups in total. The summed E-state index contributed by atoms with van der Waals surface area (Å²) in [5.74, 6) is 7.10. The van der Waals surface area contributed by atoms with Crippen LogP contribution in [0, 0.1) is 0 Å². The second-order valence-corrected chi connectivity index (χ2v) is 5.02. The van der Waals surface area contributed by atoms with Crippen LogP contribution < -0.4 is 20.7 Å². The van der Waals surface area contributed by atoms with E-state index < -0.39 is 0 Å². The molecule has 2 aromatic rings. The molecule has 0 aliphatic rings. The fourth-order valence-electron chi connectivity index (χ4n) is 1.95. The number of hydrogen-bond donors (Lipinski definition) is 2. The Balaban J connectivity index is 2.43. The highest BCUT2D eigenvalue weighted by atomic mass is 79.9. The summed E-state index contributed by atoms with van der Waals surface area (Å²) < 4.78 is 11.5. The van der Waals surface area contributed by atoms with Crippen molar-refractivity contribution >= 4 is 15.9 Å². The Labute approximate surface area is 126 Å². The van der Waals surface area contributed by atoms with Gasteiger partial charge in [0.15, 0.2) is 0 Å². The maximum Gasteiger partial charge on any atom is 0.127 e. The van der Waals surface area contributed by atoms with E-state index in [1.54, 1.807) is 20.4 Å². The molecule has 106 valence electrons. The van der Waals surface area contributed by atoms with Crippen LogP contribution in [0.4, 0.5) is 0 Å². The molecule has 0 aliphatic carbocycles. The van der Waals surface area contributed by atoms with Crippen molar-refractivity contribution in [3.63, 3.8) is 0 Å². The highest BCUT2D eigenvalue weighted by Crippen LogP contribution is 2.32. The molecule has 5 nitrogen and oxygen atoms in total. The van der Waals surface area contributed by atoms with Gasteiger partial charge in [-0.3, -0.25) is 10.8 Å². The van der Waals surface area contributed by atoms with Crippen molar-refractivity contribution in [1.82, 2.24) is 10.4 Å². The summed E-state index contributed by atoms with van der Waals surface area (Å²) in [5, 5.41) is 0. The van der Waals surface area contributed by atoms with Crippen LogP contribution in [0.3, 0.4) is 0 Å². The molecule has 0 amide bonds. The zero-order valence-electron chi connectivity index (χ0n) is 11.3. The van der Waals surface area contributed by atoms with Gasteiger partial charge < -0.3 is 9.47 Å². The Morgan fingerprint density at radius 3 is 2.55 bits per heavy atom. The number of nitrogens with zero attached hydrogens (tertiary/aromatic N) is 1. The number of hydrazine groups is 1. The number of nitrogens with two attached hydrogens (primary N) is 1. The molecule has 0 bridgehead atoms. The van der Waals surface area contributed by atoms with E-state index in [1.807, 2.05) is 30.3 Å². The SMILES string of the molecule is COc1ccc(C(NN)c2ccc(Br)cn2)c(OC)c1. The summed E-state index contributed by atoms with van der Waals surface area (Å²) >= 11 is 3.36. The monoisotopic (exact) mass is 337 g/mol. The zero-order valence-corrected chi connectivity index (χ0v) is 12.8. The first-order valence-electron chi connectivity index (χ1n) is 5.99. The third-order valence-corrected chi connectivity index (χ3v) is 3.43. The molecule has 20 heavy (non-hydrogen) atoms. The summed E-state index contributed by atoms with van der Waals surface area (Å²) in [6.45, 7) is 0. The van der Waals surface area contributed by atoms with Crippen LogP contribution in [-0.2, 0) is 0 Å². The van der Waals surface area contributed by atoms with Crippen LogP contribution in [0.2, 0.25) is 0 Å². The van der Waals surface area contributed by atoms with Crippen molar-refractivity contribution in [3.8, 4) is 11.5 Å². The highest BCUT2D eigenvalue weighted by molar-refractivity contribution is 9.10. The Hall–Kier alpha value is -1.63. The molecule has 1 heterocycles. The summed E-state index contributed by atoms with van der Waals surface area (Å²) in [6.07, 6.45) is 1.73. The molecular formula is C14H16BrN3O2. The van der Waals surface area contributed by atoms with Gasteiger partial charge in [-0.15, -0.1) is 0 Å². The van der Waals surface area contributed by atoms with Crippen LogP contribution >= 0.6 is 15.9 Å². The standard InChI is InChI=1S/C14H16BrN3O2/c1-19-10-4-5-11(13(7-10)20-2)14(18-16)12-6-3-9(15)8-17-12/h3-8,14,18H,16H2,1-2H3. The second kappa shape index (κ2) is 6.69. The number of benzene rings is 1. The van der Waals surface area contributed by atoms with Gasteiger partial charge in [0.25, 0.3) is 0 Å². The Morgan fingerprint density at radius 2 is 2.00 bits per heavy atom. The Morgan fingerprint density at radius 1 is 1.20 bits per heavy atom. The second-order valence-electron chi connectivity index (χ2n) is 4.11. The van der Waals surface area contributed by atoms with Gasteiger partial charge in [0.05, 0.1) is 26.0 Å². The van der Waals surface area contributed by atoms with Crippen LogP contribution in [0.5, 0.6) is 11.5 Å². The zero-order chi connectivity index (χ0) is 14.5. The first-order valence-corrected chi connectivity index (χ1v) is 6.78. The van der Waals surface area contributed by atoms with E-state index in [4.69, 9.17) is 15.3 Å². The minimum atomic E-state index is -0.260. The van der Waals surface area contributed by atoms with Crippen molar-refractivity contribution in [2.24, 2.45) is 5.84 Å². The van der Waals surface area contributed by atoms with E-state index in [9.17, 15) is 0 Å². The average Bonchev–Trinajstić information content (AvgIpc) is 2.50. The van der Waals surface area contributed by atoms with Crippen molar-refractivity contribution in [2.75, 3.05) is 14.2 Å². The van der Waals surface area contributed by atoms with Crippen LogP contribution in [0.1, 0.15) is 17.3 Å². The lowest BCUT2D eigenvalue weighted by Crippen LogP contribution is -2.29. The molecule has 2 rings (SSSR count). The van der Waals surface area contributed by atoms with Crippen LogP contribution in [0.25, 0.3) is 0 Å². The number of hydrogen-bond acceptors (Lipinski definition) is 5. The molecular weight excluding hydrogens is 322 g/mol. The lowest BCUT2D eigenvalue weighted by atomic mass is 10.0. The molecule has 0 aliphatic heterocycles. The molecule has 1 unspecified atom stereocenters. The number of ether oxygens (including phenoxy) is 2. The van der Waals surface area contributed by atoms with E-state index >= 15 is 0 Å². The number of methoxy groups -OCH3 is 2. The molecule has 1 aromatic carbocycles. The van der Waals surface area contributed by atoms with Gasteiger partial charge in [-0.25, -0.2) is 5.43 Å². The number of nitrogens with one attached hydrogen (secondary N) is 1. The lowest BCUT2D eigenvalue weighted by Gasteiger charge is -2.19. The third-order valence-electron chi connectivity index (χ3n) is 2.96. The fourth-order valence-corrected chi connectivity index (χ4v) is 2.18. The van der Waals surface area contributed by atoms with Gasteiger partial charge in [0.1, 0.15) is 11.5 Å². The van der Waals surface area contributed by atoms with E-state index in [2.05, 4.69) is 26.3 Å². The van der Waals surface area contributed by atoms with Crippen molar-refractivity contribution < 1.29 is 9.47 Å². The van der Waals surface area contributed by atoms with Gasteiger partial charge in [-0.1, -0.05) is 0 Å². The Bertz CT molecular complexity index is 575. The van der Waals surface area contributed by atoms with Crippen molar-refractivity contribution in [3.05, 3.63) is 52.3 Å². The third kappa shape index (κ3) is 3.09. The minimum absolute atomic E-state index is 0.260. The van der Waals surface area contributed by atoms with E-state index in [1.165, 1.54) is 0 Å². The molecule has 0 saturated carbocycles. The summed E-state index contributed by atoms with van der Waals surface area (Å²) in [4.78, 5) is 4.37. The van der Waals surface area contributed by atoms with Gasteiger partial charge in [-0.2, -0.15) is 0 Å². The molecule has 1 atom stereocenters. The lowest BCUT2D eigenvalue weighted by molar-refractivity contribution is 0.387. The summed E-state index contributed by atoms with van der Waals surface area (Å²) in [6, 6.07) is 9.15. The van der Waals surface area contributed by atoms with Crippen molar-refractivity contribution in [2.45, 2.75) is 6.04 Å². The van der Waals surface area contributed by atoms with Crippen LogP contribution in [0.15, 0.2) is 41.0 Å². The first kappa shape index (κ1) is 14.8. The van der Waals surface area contributed by atoms with E-state index in [0.717, 1.165) is 21.5 Å². The van der Waals surface area contributed by atoms with Crippen molar-refractivity contribution in [1.29, 1.82) is 0 Å². The molecule has 0 fully saturated rings. The molecule has 6 heteroatoms. The molecule has 0 spiro atoms. The largest absolute Gasteiger partial charge is 0.497 e. The minimum Gasteiger partial charge on any atom is -0.497 e. The fraction of sp³-hybridized carbons (Fsp3) is 0.214. The maximum atomic E-state index is 5.68. The molecule has 1 aromatic heterocycles. The number of halogens is 1.